The Morgan fingerprint density at radius 2 is 1.11 bits per heavy atom. The van der Waals surface area contributed by atoms with Crippen LogP contribution in [0.1, 0.15) is 0 Å². The highest BCUT2D eigenvalue weighted by atomic mass is 32.1. The molecular weight excluding hydrogens is 667 g/mol. The summed E-state index contributed by atoms with van der Waals surface area (Å²) in [5.41, 5.74) is 7.48. The van der Waals surface area contributed by atoms with Gasteiger partial charge in [0.25, 0.3) is 0 Å². The highest BCUT2D eigenvalue weighted by Gasteiger charge is 2.26. The van der Waals surface area contributed by atoms with E-state index in [0.29, 0.717) is 0 Å². The lowest BCUT2D eigenvalue weighted by Gasteiger charge is -2.15. The third-order valence-electron chi connectivity index (χ3n) is 11.3. The highest BCUT2D eigenvalue weighted by molar-refractivity contribution is 7.26. The van der Waals surface area contributed by atoms with Gasteiger partial charge in [0.15, 0.2) is 5.82 Å². The van der Waals surface area contributed by atoms with E-state index in [0.717, 1.165) is 71.9 Å². The van der Waals surface area contributed by atoms with Gasteiger partial charge in [-0.05, 0) is 69.4 Å². The minimum absolute atomic E-state index is 0.800. The molecule has 13 aromatic rings. The quantitative estimate of drug-likeness (QED) is 0.170. The Hall–Kier alpha value is -6.82. The van der Waals surface area contributed by atoms with Crippen LogP contribution in [0.2, 0.25) is 0 Å². The van der Waals surface area contributed by atoms with Crippen LogP contribution in [0.15, 0.2) is 156 Å². The normalized spacial score (nSPS) is 12.5. The van der Waals surface area contributed by atoms with Crippen molar-refractivity contribution in [2.75, 3.05) is 0 Å². The average molecular weight is 692 g/mol. The van der Waals surface area contributed by atoms with Gasteiger partial charge in [-0.2, -0.15) is 0 Å². The Bertz CT molecular complexity index is 3700. The zero-order valence-electron chi connectivity index (χ0n) is 28.1. The molecule has 53 heavy (non-hydrogen) atoms. The fraction of sp³-hybridized carbons (Fsp3) is 0. The Labute approximate surface area is 305 Å². The zero-order chi connectivity index (χ0) is 34.4. The van der Waals surface area contributed by atoms with Gasteiger partial charge in [-0.15, -0.1) is 11.3 Å². The highest BCUT2D eigenvalue weighted by Crippen LogP contribution is 2.49. The first kappa shape index (κ1) is 27.8. The molecule has 0 unspecified atom stereocenters. The van der Waals surface area contributed by atoms with Crippen LogP contribution in [0.25, 0.3) is 124 Å². The van der Waals surface area contributed by atoms with E-state index in [4.69, 9.17) is 14.4 Å². The van der Waals surface area contributed by atoms with Crippen molar-refractivity contribution in [1.82, 2.24) is 14.5 Å². The number of furan rings is 1. The summed E-state index contributed by atoms with van der Waals surface area (Å²) in [6.07, 6.45) is 0. The first-order valence-electron chi connectivity index (χ1n) is 17.9. The van der Waals surface area contributed by atoms with Crippen molar-refractivity contribution in [3.8, 4) is 17.1 Å². The summed E-state index contributed by atoms with van der Waals surface area (Å²) in [5, 5.41) is 14.5. The van der Waals surface area contributed by atoms with Crippen molar-refractivity contribution in [2.24, 2.45) is 0 Å². The summed E-state index contributed by atoms with van der Waals surface area (Å²) in [5.74, 6) is 0.800. The smallest absolute Gasteiger partial charge is 0.165 e. The number of rotatable bonds is 2. The Kier molecular flexibility index (Phi) is 5.22. The Morgan fingerprint density at radius 1 is 0.434 bits per heavy atom. The molecule has 0 amide bonds. The molecule has 0 saturated heterocycles. The molecule has 0 N–H and O–H groups in total. The molecule has 0 saturated carbocycles. The molecule has 0 atom stereocenters. The lowest BCUT2D eigenvalue weighted by Crippen LogP contribution is -2.04. The van der Waals surface area contributed by atoms with Crippen molar-refractivity contribution in [2.45, 2.75) is 0 Å². The summed E-state index contributed by atoms with van der Waals surface area (Å²) < 4.78 is 11.4. The number of thiophene rings is 1. The van der Waals surface area contributed by atoms with E-state index in [1.54, 1.807) is 0 Å². The third kappa shape index (κ3) is 3.54. The van der Waals surface area contributed by atoms with E-state index < -0.39 is 0 Å². The van der Waals surface area contributed by atoms with Crippen molar-refractivity contribution in [1.29, 1.82) is 0 Å². The van der Waals surface area contributed by atoms with E-state index >= 15 is 0 Å². The van der Waals surface area contributed by atoms with Gasteiger partial charge in [-0.1, -0.05) is 109 Å². The number of para-hydroxylation sites is 1. The predicted molar refractivity (Wildman–Crippen MR) is 223 cm³/mol. The number of aromatic nitrogens is 3. The lowest BCUT2D eigenvalue weighted by molar-refractivity contribution is 0.669. The van der Waals surface area contributed by atoms with Crippen molar-refractivity contribution >= 4 is 119 Å². The third-order valence-corrected chi connectivity index (χ3v) is 12.5. The van der Waals surface area contributed by atoms with E-state index in [9.17, 15) is 0 Å². The van der Waals surface area contributed by atoms with Crippen molar-refractivity contribution in [3.05, 3.63) is 152 Å². The largest absolute Gasteiger partial charge is 0.456 e. The van der Waals surface area contributed by atoms with Crippen LogP contribution in [0.3, 0.4) is 0 Å². The fourth-order valence-corrected chi connectivity index (χ4v) is 10.3. The van der Waals surface area contributed by atoms with Gasteiger partial charge in [0.05, 0.1) is 22.1 Å². The molecule has 244 valence electrons. The molecule has 0 spiro atoms. The van der Waals surface area contributed by atoms with Crippen LogP contribution in [0.4, 0.5) is 0 Å². The molecule has 9 aromatic carbocycles. The Balaban J connectivity index is 1.29. The minimum atomic E-state index is 0.800. The van der Waals surface area contributed by atoms with Crippen molar-refractivity contribution < 1.29 is 4.42 Å². The SMILES string of the molecule is c1ccc2c(c1)ccc1nc(-n3c4cccc5c6ccccc6c6cccc7sc8ccc3c(c8c76)c54)c(-c3cccc4oc5ccccc5c34)nc12. The standard InChI is InChI=1S/C48H25N3OS/c1-2-11-27-26(10-1)22-23-34-46(27)50-47(33-17-8-20-38-41(33)32-14-5-6-19-37(32)52-38)48(49-34)51-35-18-7-15-30-28-12-3-4-13-29(28)31-16-9-21-39-43(31)45-40(53-39)25-24-36(51)44(45)42(30)35/h1-25H. The first-order valence-corrected chi connectivity index (χ1v) is 18.7. The zero-order valence-corrected chi connectivity index (χ0v) is 28.9. The number of benzene rings is 8. The molecular formula is C48H25N3OS. The molecule has 4 heterocycles. The number of nitrogens with zero attached hydrogens (tertiary/aromatic N) is 3. The molecule has 0 aliphatic rings. The average Bonchev–Trinajstić information content (AvgIpc) is 3.89. The summed E-state index contributed by atoms with van der Waals surface area (Å²) >= 11 is 1.88. The van der Waals surface area contributed by atoms with Crippen LogP contribution < -0.4 is 0 Å². The molecule has 13 rings (SSSR count). The molecule has 0 aliphatic carbocycles. The summed E-state index contributed by atoms with van der Waals surface area (Å²) in [6, 6.07) is 54.3. The monoisotopic (exact) mass is 691 g/mol. The van der Waals surface area contributed by atoms with Gasteiger partial charge in [0.1, 0.15) is 16.9 Å². The van der Waals surface area contributed by atoms with Gasteiger partial charge in [0, 0.05) is 52.7 Å². The van der Waals surface area contributed by atoms with E-state index in [1.165, 1.54) is 52.5 Å². The molecule has 4 aromatic heterocycles. The second-order valence-electron chi connectivity index (χ2n) is 14.0. The van der Waals surface area contributed by atoms with Gasteiger partial charge in [-0.25, -0.2) is 9.97 Å². The van der Waals surface area contributed by atoms with E-state index in [-0.39, 0.29) is 0 Å². The van der Waals surface area contributed by atoms with E-state index in [2.05, 4.69) is 144 Å². The van der Waals surface area contributed by atoms with Gasteiger partial charge in [-0.3, -0.25) is 4.57 Å². The van der Waals surface area contributed by atoms with Crippen LogP contribution in [-0.2, 0) is 0 Å². The summed E-state index contributed by atoms with van der Waals surface area (Å²) in [7, 11) is 0. The number of fused-ring (bicyclic) bond motifs is 9. The van der Waals surface area contributed by atoms with E-state index in [1.807, 2.05) is 23.5 Å². The van der Waals surface area contributed by atoms with Crippen molar-refractivity contribution in [3.63, 3.8) is 0 Å². The number of hydrogen-bond donors (Lipinski definition) is 0. The molecule has 0 radical (unpaired) electrons. The molecule has 0 bridgehead atoms. The fourth-order valence-electron chi connectivity index (χ4n) is 9.18. The second-order valence-corrected chi connectivity index (χ2v) is 15.1. The molecule has 0 aliphatic heterocycles. The topological polar surface area (TPSA) is 43.9 Å². The molecule has 4 nitrogen and oxygen atoms in total. The summed E-state index contributed by atoms with van der Waals surface area (Å²) in [4.78, 5) is 11.3. The van der Waals surface area contributed by atoms with Gasteiger partial charge >= 0.3 is 0 Å². The van der Waals surface area contributed by atoms with Crippen LogP contribution in [0.5, 0.6) is 0 Å². The van der Waals surface area contributed by atoms with Crippen LogP contribution in [-0.4, -0.2) is 14.5 Å². The number of hydrogen-bond acceptors (Lipinski definition) is 4. The first-order chi connectivity index (χ1) is 26.3. The minimum Gasteiger partial charge on any atom is -0.456 e. The summed E-state index contributed by atoms with van der Waals surface area (Å²) in [6.45, 7) is 0. The lowest BCUT2D eigenvalue weighted by atomic mass is 9.95. The molecule has 5 heteroatoms. The van der Waals surface area contributed by atoms with Crippen LogP contribution in [0, 0.1) is 0 Å². The maximum Gasteiger partial charge on any atom is 0.165 e. The predicted octanol–water partition coefficient (Wildman–Crippen LogP) is 13.6. The van der Waals surface area contributed by atoms with Gasteiger partial charge < -0.3 is 4.42 Å². The maximum atomic E-state index is 6.44. The van der Waals surface area contributed by atoms with Gasteiger partial charge in [0.2, 0.25) is 0 Å². The second kappa shape index (κ2) is 9.94. The van der Waals surface area contributed by atoms with Crippen LogP contribution >= 0.6 is 11.3 Å². The molecule has 0 fully saturated rings. The maximum absolute atomic E-state index is 6.44. The Morgan fingerprint density at radius 3 is 2.00 bits per heavy atom.